The van der Waals surface area contributed by atoms with Crippen molar-refractivity contribution in [2.75, 3.05) is 7.05 Å². The SMILES string of the molecule is CN=C(NCc1ccccn1)NCc1ccccc1-n1nc(C)cc1C. The molecule has 26 heavy (non-hydrogen) atoms. The second-order valence-corrected chi connectivity index (χ2v) is 6.07. The lowest BCUT2D eigenvalue weighted by Gasteiger charge is -2.15. The molecule has 0 amide bonds. The number of aryl methyl sites for hydroxylation is 2. The van der Waals surface area contributed by atoms with Gasteiger partial charge in [-0.25, -0.2) is 4.68 Å². The van der Waals surface area contributed by atoms with Gasteiger partial charge in [-0.1, -0.05) is 24.3 Å². The number of hydrogen-bond acceptors (Lipinski definition) is 3. The van der Waals surface area contributed by atoms with E-state index in [1.807, 2.05) is 41.9 Å². The van der Waals surface area contributed by atoms with Crippen LogP contribution >= 0.6 is 0 Å². The van der Waals surface area contributed by atoms with Crippen LogP contribution in [0.1, 0.15) is 22.6 Å². The minimum atomic E-state index is 0.625. The van der Waals surface area contributed by atoms with Crippen molar-refractivity contribution in [2.45, 2.75) is 26.9 Å². The number of guanidine groups is 1. The zero-order valence-electron chi connectivity index (χ0n) is 15.4. The molecule has 0 spiro atoms. The van der Waals surface area contributed by atoms with E-state index < -0.39 is 0 Å². The molecule has 0 aliphatic heterocycles. The van der Waals surface area contributed by atoms with Gasteiger partial charge in [-0.2, -0.15) is 5.10 Å². The van der Waals surface area contributed by atoms with Gasteiger partial charge in [0, 0.05) is 25.5 Å². The predicted molar refractivity (Wildman–Crippen MR) is 104 cm³/mol. The molecule has 0 unspecified atom stereocenters. The fourth-order valence-electron chi connectivity index (χ4n) is 2.82. The molecular weight excluding hydrogens is 324 g/mol. The number of nitrogens with zero attached hydrogens (tertiary/aromatic N) is 4. The highest BCUT2D eigenvalue weighted by molar-refractivity contribution is 5.79. The molecule has 0 saturated carbocycles. The average Bonchev–Trinajstić information content (AvgIpc) is 3.01. The number of nitrogens with one attached hydrogen (secondary N) is 2. The molecule has 0 radical (unpaired) electrons. The van der Waals surface area contributed by atoms with Crippen LogP contribution in [0.3, 0.4) is 0 Å². The van der Waals surface area contributed by atoms with Crippen molar-refractivity contribution in [2.24, 2.45) is 4.99 Å². The van der Waals surface area contributed by atoms with Crippen molar-refractivity contribution in [3.05, 3.63) is 77.4 Å². The summed E-state index contributed by atoms with van der Waals surface area (Å²) in [5.74, 6) is 0.735. The fourth-order valence-corrected chi connectivity index (χ4v) is 2.82. The Bertz CT molecular complexity index is 882. The second kappa shape index (κ2) is 8.29. The molecule has 134 valence electrons. The first-order valence-electron chi connectivity index (χ1n) is 8.63. The maximum atomic E-state index is 4.60. The van der Waals surface area contributed by atoms with Gasteiger partial charge in [0.25, 0.3) is 0 Å². The summed E-state index contributed by atoms with van der Waals surface area (Å²) in [4.78, 5) is 8.60. The van der Waals surface area contributed by atoms with Crippen LogP contribution < -0.4 is 10.6 Å². The van der Waals surface area contributed by atoms with E-state index >= 15 is 0 Å². The van der Waals surface area contributed by atoms with E-state index in [2.05, 4.69) is 50.8 Å². The Labute approximate surface area is 154 Å². The molecule has 0 atom stereocenters. The summed E-state index contributed by atoms with van der Waals surface area (Å²) in [6.45, 7) is 5.35. The van der Waals surface area contributed by atoms with Gasteiger partial charge in [0.2, 0.25) is 0 Å². The zero-order chi connectivity index (χ0) is 18.4. The molecule has 0 fully saturated rings. The largest absolute Gasteiger partial charge is 0.352 e. The van der Waals surface area contributed by atoms with Crippen LogP contribution in [0.2, 0.25) is 0 Å². The maximum absolute atomic E-state index is 4.60. The van der Waals surface area contributed by atoms with Crippen molar-refractivity contribution in [1.82, 2.24) is 25.4 Å². The first-order valence-corrected chi connectivity index (χ1v) is 8.63. The number of hydrogen-bond donors (Lipinski definition) is 2. The molecule has 0 aliphatic rings. The van der Waals surface area contributed by atoms with Gasteiger partial charge in [0.15, 0.2) is 5.96 Å². The summed E-state index contributed by atoms with van der Waals surface area (Å²) in [5.41, 5.74) is 5.33. The van der Waals surface area contributed by atoms with Crippen molar-refractivity contribution < 1.29 is 0 Å². The van der Waals surface area contributed by atoms with Crippen molar-refractivity contribution in [3.8, 4) is 5.69 Å². The summed E-state index contributed by atoms with van der Waals surface area (Å²) in [6.07, 6.45) is 1.79. The summed E-state index contributed by atoms with van der Waals surface area (Å²) >= 11 is 0. The van der Waals surface area contributed by atoms with Crippen LogP contribution in [0.4, 0.5) is 0 Å². The number of rotatable bonds is 5. The van der Waals surface area contributed by atoms with Crippen molar-refractivity contribution >= 4 is 5.96 Å². The molecular formula is C20H24N6. The van der Waals surface area contributed by atoms with E-state index in [1.54, 1.807) is 13.2 Å². The molecule has 0 bridgehead atoms. The van der Waals surface area contributed by atoms with E-state index in [4.69, 9.17) is 0 Å². The van der Waals surface area contributed by atoms with Crippen LogP contribution in [0.25, 0.3) is 5.69 Å². The molecule has 1 aromatic carbocycles. The topological polar surface area (TPSA) is 67.1 Å². The van der Waals surface area contributed by atoms with Crippen LogP contribution in [0, 0.1) is 13.8 Å². The number of para-hydroxylation sites is 1. The average molecular weight is 348 g/mol. The van der Waals surface area contributed by atoms with Crippen LogP contribution in [0.5, 0.6) is 0 Å². The predicted octanol–water partition coefficient (Wildman–Crippen LogP) is 2.75. The van der Waals surface area contributed by atoms with E-state index in [0.717, 1.165) is 34.3 Å². The van der Waals surface area contributed by atoms with Crippen LogP contribution in [-0.2, 0) is 13.1 Å². The van der Waals surface area contributed by atoms with Gasteiger partial charge < -0.3 is 10.6 Å². The molecule has 0 saturated heterocycles. The Kier molecular flexibility index (Phi) is 5.63. The monoisotopic (exact) mass is 348 g/mol. The molecule has 6 nitrogen and oxygen atoms in total. The molecule has 0 aliphatic carbocycles. The highest BCUT2D eigenvalue weighted by Crippen LogP contribution is 2.16. The molecule has 2 aromatic heterocycles. The standard InChI is InChI=1S/C20H24N6/c1-15-12-16(2)26(25-15)19-10-5-4-8-17(19)13-23-20(21-3)24-14-18-9-6-7-11-22-18/h4-12H,13-14H2,1-3H3,(H2,21,23,24). The third-order valence-corrected chi connectivity index (χ3v) is 4.06. The molecule has 3 rings (SSSR count). The maximum Gasteiger partial charge on any atom is 0.191 e. The van der Waals surface area contributed by atoms with E-state index in [9.17, 15) is 0 Å². The first-order chi connectivity index (χ1) is 12.7. The summed E-state index contributed by atoms with van der Waals surface area (Å²) < 4.78 is 1.98. The Morgan fingerprint density at radius 1 is 1.04 bits per heavy atom. The van der Waals surface area contributed by atoms with Gasteiger partial charge in [-0.3, -0.25) is 9.98 Å². The smallest absolute Gasteiger partial charge is 0.191 e. The lowest BCUT2D eigenvalue weighted by Crippen LogP contribution is -2.36. The Morgan fingerprint density at radius 2 is 1.81 bits per heavy atom. The van der Waals surface area contributed by atoms with Gasteiger partial charge in [-0.15, -0.1) is 0 Å². The summed E-state index contributed by atoms with van der Waals surface area (Å²) in [6, 6.07) is 16.2. The Morgan fingerprint density at radius 3 is 2.50 bits per heavy atom. The Balaban J connectivity index is 1.68. The number of pyridine rings is 1. The van der Waals surface area contributed by atoms with E-state index in [-0.39, 0.29) is 0 Å². The third-order valence-electron chi connectivity index (χ3n) is 4.06. The molecule has 2 N–H and O–H groups in total. The van der Waals surface area contributed by atoms with Crippen molar-refractivity contribution in [3.63, 3.8) is 0 Å². The molecule has 3 aromatic rings. The minimum absolute atomic E-state index is 0.625. The van der Waals surface area contributed by atoms with Gasteiger partial charge in [0.05, 0.1) is 23.6 Å². The quantitative estimate of drug-likeness (QED) is 0.550. The van der Waals surface area contributed by atoms with E-state index in [0.29, 0.717) is 13.1 Å². The third kappa shape index (κ3) is 4.27. The van der Waals surface area contributed by atoms with Gasteiger partial charge in [0.1, 0.15) is 0 Å². The Hall–Kier alpha value is -3.15. The fraction of sp³-hybridized carbons (Fsp3) is 0.250. The number of aliphatic imine (C=N–C) groups is 1. The molecule has 2 heterocycles. The van der Waals surface area contributed by atoms with Crippen LogP contribution in [0.15, 0.2) is 59.7 Å². The first kappa shape index (κ1) is 17.7. The van der Waals surface area contributed by atoms with Crippen molar-refractivity contribution in [1.29, 1.82) is 0 Å². The lowest BCUT2D eigenvalue weighted by atomic mass is 10.1. The second-order valence-electron chi connectivity index (χ2n) is 6.07. The zero-order valence-corrected chi connectivity index (χ0v) is 15.4. The number of aromatic nitrogens is 3. The summed E-state index contributed by atoms with van der Waals surface area (Å²) in [5, 5.41) is 11.2. The minimum Gasteiger partial charge on any atom is -0.352 e. The van der Waals surface area contributed by atoms with E-state index in [1.165, 1.54) is 0 Å². The lowest BCUT2D eigenvalue weighted by molar-refractivity contribution is 0.774. The molecule has 6 heteroatoms. The number of benzene rings is 1. The highest BCUT2D eigenvalue weighted by Gasteiger charge is 2.09. The highest BCUT2D eigenvalue weighted by atomic mass is 15.3. The van der Waals surface area contributed by atoms with Gasteiger partial charge >= 0.3 is 0 Å². The van der Waals surface area contributed by atoms with Crippen LogP contribution in [-0.4, -0.2) is 27.8 Å². The normalized spacial score (nSPS) is 11.4. The van der Waals surface area contributed by atoms with Gasteiger partial charge in [-0.05, 0) is 43.7 Å². The summed E-state index contributed by atoms with van der Waals surface area (Å²) in [7, 11) is 1.76.